The Bertz CT molecular complexity index is 1200. The van der Waals surface area contributed by atoms with E-state index in [1.54, 1.807) is 6.20 Å². The maximum Gasteiger partial charge on any atom is 0.224 e. The number of hydrogen-bond acceptors (Lipinski definition) is 5. The van der Waals surface area contributed by atoms with Gasteiger partial charge in [-0.1, -0.05) is 6.92 Å². The molecule has 0 aromatic carbocycles. The second kappa shape index (κ2) is 6.58. The van der Waals surface area contributed by atoms with E-state index in [0.29, 0.717) is 12.4 Å². The number of hydrogen-bond donors (Lipinski definition) is 3. The first kappa shape index (κ1) is 17.7. The number of anilines is 1. The number of aromatic nitrogens is 5. The minimum Gasteiger partial charge on any atom is -0.351 e. The molecule has 1 aliphatic rings. The highest BCUT2D eigenvalue weighted by Crippen LogP contribution is 2.34. The fraction of sp³-hybridized carbons (Fsp3) is 0.333. The van der Waals surface area contributed by atoms with Gasteiger partial charge in [0.2, 0.25) is 11.9 Å². The zero-order valence-electron chi connectivity index (χ0n) is 16.4. The summed E-state index contributed by atoms with van der Waals surface area (Å²) in [6.45, 7) is 3.95. The van der Waals surface area contributed by atoms with E-state index < -0.39 is 0 Å². The number of nitrogens with zero attached hydrogens (tertiary/aromatic N) is 4. The molecule has 148 valence electrons. The second-order valence-electron chi connectivity index (χ2n) is 7.98. The van der Waals surface area contributed by atoms with Crippen LogP contribution in [0.25, 0.3) is 27.8 Å². The van der Waals surface area contributed by atoms with Crippen LogP contribution in [0.2, 0.25) is 0 Å². The third-order valence-corrected chi connectivity index (χ3v) is 5.62. The molecule has 0 saturated heterocycles. The van der Waals surface area contributed by atoms with E-state index in [0.717, 1.165) is 40.6 Å². The highest BCUT2D eigenvalue weighted by Gasteiger charge is 2.41. The van der Waals surface area contributed by atoms with Gasteiger partial charge in [-0.05, 0) is 31.9 Å². The predicted octanol–water partition coefficient (Wildman–Crippen LogP) is 3.13. The van der Waals surface area contributed by atoms with Crippen LogP contribution in [0.4, 0.5) is 5.95 Å². The van der Waals surface area contributed by atoms with Gasteiger partial charge in [-0.15, -0.1) is 0 Å². The van der Waals surface area contributed by atoms with Crippen molar-refractivity contribution in [1.82, 2.24) is 29.7 Å². The lowest BCUT2D eigenvalue weighted by Crippen LogP contribution is -2.59. The van der Waals surface area contributed by atoms with E-state index in [-0.39, 0.29) is 17.5 Å². The van der Waals surface area contributed by atoms with E-state index >= 15 is 0 Å². The van der Waals surface area contributed by atoms with E-state index in [4.69, 9.17) is 0 Å². The number of aromatic amines is 1. The van der Waals surface area contributed by atoms with Gasteiger partial charge in [0.1, 0.15) is 11.3 Å². The topological polar surface area (TPSA) is 100 Å². The van der Waals surface area contributed by atoms with Crippen molar-refractivity contribution in [1.29, 1.82) is 0 Å². The van der Waals surface area contributed by atoms with Gasteiger partial charge < -0.3 is 20.0 Å². The molecule has 3 N–H and O–H groups in total. The third-order valence-electron chi connectivity index (χ3n) is 5.62. The molecule has 29 heavy (non-hydrogen) atoms. The second-order valence-corrected chi connectivity index (χ2v) is 7.98. The van der Waals surface area contributed by atoms with Gasteiger partial charge in [-0.3, -0.25) is 4.79 Å². The van der Waals surface area contributed by atoms with E-state index in [9.17, 15) is 4.79 Å². The number of carbonyl (C=O) groups excluding carboxylic acids is 1. The molecule has 0 bridgehead atoms. The minimum atomic E-state index is -0.138. The van der Waals surface area contributed by atoms with E-state index in [1.807, 2.05) is 36.0 Å². The molecular formula is C21H23N7O. The molecule has 0 atom stereocenters. The first-order valence-corrected chi connectivity index (χ1v) is 9.88. The summed E-state index contributed by atoms with van der Waals surface area (Å²) in [5.41, 5.74) is 3.71. The molecule has 0 unspecified atom stereocenters. The summed E-state index contributed by atoms with van der Waals surface area (Å²) in [6, 6.07) is 4.31. The molecule has 1 amide bonds. The lowest BCUT2D eigenvalue weighted by atomic mass is 9.74. The summed E-state index contributed by atoms with van der Waals surface area (Å²) in [4.78, 5) is 28.3. The molecule has 1 saturated carbocycles. The number of fused-ring (bicyclic) bond motifs is 2. The molecule has 0 radical (unpaired) electrons. The normalized spacial score (nSPS) is 21.2. The molecule has 5 rings (SSSR count). The fourth-order valence-electron chi connectivity index (χ4n) is 4.13. The number of amides is 1. The van der Waals surface area contributed by atoms with Gasteiger partial charge in [0.25, 0.3) is 0 Å². The van der Waals surface area contributed by atoms with Crippen LogP contribution in [0.3, 0.4) is 0 Å². The highest BCUT2D eigenvalue weighted by atomic mass is 16.1. The Hall–Kier alpha value is -3.42. The van der Waals surface area contributed by atoms with Gasteiger partial charge in [-0.2, -0.15) is 4.98 Å². The maximum atomic E-state index is 11.6. The Kier molecular flexibility index (Phi) is 4.01. The Morgan fingerprint density at radius 3 is 3.03 bits per heavy atom. The standard InChI is InChI=1S/C21H23N7O/c1-3-18(29)27-21(2)8-14(9-21)25-20-24-11-16-15(10-23-19(16)26-20)13-4-5-17-22-6-7-28(17)12-13/h4-7,10-12,14H,3,8-9H2,1-2H3,(H,27,29)(H2,23,24,25,26)/t14-,21-. The lowest BCUT2D eigenvalue weighted by molar-refractivity contribution is -0.123. The first-order chi connectivity index (χ1) is 14.0. The zero-order valence-corrected chi connectivity index (χ0v) is 16.4. The molecule has 0 spiro atoms. The number of H-pyrrole nitrogens is 1. The lowest BCUT2D eigenvalue weighted by Gasteiger charge is -2.45. The molecule has 4 heterocycles. The smallest absolute Gasteiger partial charge is 0.224 e. The van der Waals surface area contributed by atoms with Gasteiger partial charge in [0.05, 0.1) is 0 Å². The summed E-state index contributed by atoms with van der Waals surface area (Å²) in [5.74, 6) is 0.696. The van der Waals surface area contributed by atoms with Crippen molar-refractivity contribution in [2.24, 2.45) is 0 Å². The number of carbonyl (C=O) groups is 1. The number of nitrogens with one attached hydrogen (secondary N) is 3. The number of pyridine rings is 1. The van der Waals surface area contributed by atoms with Crippen molar-refractivity contribution in [2.45, 2.75) is 44.7 Å². The largest absolute Gasteiger partial charge is 0.351 e. The monoisotopic (exact) mass is 389 g/mol. The molecule has 4 aromatic rings. The van der Waals surface area contributed by atoms with Crippen molar-refractivity contribution >= 4 is 28.5 Å². The van der Waals surface area contributed by atoms with E-state index in [1.165, 1.54) is 0 Å². The van der Waals surface area contributed by atoms with Crippen LogP contribution >= 0.6 is 0 Å². The number of imidazole rings is 1. The predicted molar refractivity (Wildman–Crippen MR) is 112 cm³/mol. The quantitative estimate of drug-likeness (QED) is 0.487. The zero-order chi connectivity index (χ0) is 20.0. The molecule has 8 nitrogen and oxygen atoms in total. The summed E-state index contributed by atoms with van der Waals surface area (Å²) >= 11 is 0. The SMILES string of the molecule is CCC(=O)N[C@]1(C)C[C@@H](Nc2ncc3c(-c4ccc5nccn5c4)c[nH]c3n2)C1. The van der Waals surface area contributed by atoms with Crippen LogP contribution < -0.4 is 10.6 Å². The Balaban J connectivity index is 1.33. The molecule has 1 fully saturated rings. The van der Waals surface area contributed by atoms with Crippen LogP contribution in [0.15, 0.2) is 43.1 Å². The van der Waals surface area contributed by atoms with Crippen LogP contribution in [0, 0.1) is 0 Å². The average Bonchev–Trinajstić information content (AvgIpc) is 3.32. The molecule has 1 aliphatic carbocycles. The Morgan fingerprint density at radius 2 is 2.21 bits per heavy atom. The average molecular weight is 389 g/mol. The highest BCUT2D eigenvalue weighted by molar-refractivity contribution is 5.93. The maximum absolute atomic E-state index is 11.6. The van der Waals surface area contributed by atoms with Crippen molar-refractivity contribution in [2.75, 3.05) is 5.32 Å². The van der Waals surface area contributed by atoms with Crippen molar-refractivity contribution in [3.8, 4) is 11.1 Å². The summed E-state index contributed by atoms with van der Waals surface area (Å²) in [6.07, 6.45) is 11.8. The van der Waals surface area contributed by atoms with Crippen molar-refractivity contribution in [3.63, 3.8) is 0 Å². The molecule has 0 aliphatic heterocycles. The van der Waals surface area contributed by atoms with E-state index in [2.05, 4.69) is 49.8 Å². The van der Waals surface area contributed by atoms with Gasteiger partial charge in [0, 0.05) is 65.5 Å². The Labute approximate surface area is 167 Å². The molecular weight excluding hydrogens is 366 g/mol. The third kappa shape index (κ3) is 3.20. The summed E-state index contributed by atoms with van der Waals surface area (Å²) in [5, 5.41) is 7.44. The van der Waals surface area contributed by atoms with Crippen LogP contribution in [0.1, 0.15) is 33.1 Å². The van der Waals surface area contributed by atoms with Gasteiger partial charge in [0.15, 0.2) is 0 Å². The number of rotatable bonds is 5. The van der Waals surface area contributed by atoms with Gasteiger partial charge >= 0.3 is 0 Å². The Morgan fingerprint density at radius 1 is 1.34 bits per heavy atom. The first-order valence-electron chi connectivity index (χ1n) is 9.88. The molecule has 4 aromatic heterocycles. The van der Waals surface area contributed by atoms with Crippen LogP contribution in [-0.2, 0) is 4.79 Å². The van der Waals surface area contributed by atoms with Gasteiger partial charge in [-0.25, -0.2) is 9.97 Å². The minimum absolute atomic E-state index is 0.0939. The van der Waals surface area contributed by atoms with Crippen molar-refractivity contribution < 1.29 is 4.79 Å². The summed E-state index contributed by atoms with van der Waals surface area (Å²) < 4.78 is 2.00. The van der Waals surface area contributed by atoms with Crippen LogP contribution in [-0.4, -0.2) is 41.8 Å². The summed E-state index contributed by atoms with van der Waals surface area (Å²) in [7, 11) is 0. The van der Waals surface area contributed by atoms with Crippen LogP contribution in [0.5, 0.6) is 0 Å². The van der Waals surface area contributed by atoms with Crippen molar-refractivity contribution in [3.05, 3.63) is 43.1 Å². The fourth-order valence-corrected chi connectivity index (χ4v) is 4.13. The molecule has 8 heteroatoms.